The quantitative estimate of drug-likeness (QED) is 0.0548. The molecule has 34 atom stereocenters. The summed E-state index contributed by atoms with van der Waals surface area (Å²) < 4.78 is 61.0. The Morgan fingerprint density at radius 3 is 1.56 bits per heavy atom. The van der Waals surface area contributed by atoms with Crippen molar-refractivity contribution in [1.82, 2.24) is 0 Å². The molecule has 0 spiro atoms. The molecule has 10 aliphatic rings. The number of ether oxygens (including phenoxy) is 10. The Bertz CT molecular complexity index is 2420. The fourth-order valence-electron chi connectivity index (χ4n) is 17.9. The summed E-state index contributed by atoms with van der Waals surface area (Å²) in [6.45, 7) is 12.4. The van der Waals surface area contributed by atoms with E-state index in [-0.39, 0.29) is 47.0 Å². The molecule has 4 saturated carbocycles. The molecule has 10 rings (SSSR count). The molecule has 0 unspecified atom stereocenters. The van der Waals surface area contributed by atoms with Gasteiger partial charge in [0, 0.05) is 10.8 Å². The Labute approximate surface area is 504 Å². The van der Waals surface area contributed by atoms with Crippen molar-refractivity contribution in [2.75, 3.05) is 33.0 Å². The van der Waals surface area contributed by atoms with Gasteiger partial charge in [-0.2, -0.15) is 0 Å². The van der Waals surface area contributed by atoms with E-state index in [4.69, 9.17) is 47.4 Å². The number of aliphatic carboxylic acids is 1. The van der Waals surface area contributed by atoms with Crippen LogP contribution in [0.1, 0.15) is 106 Å². The predicted molar refractivity (Wildman–Crippen MR) is 291 cm³/mol. The molecule has 0 aromatic rings. The van der Waals surface area contributed by atoms with E-state index in [2.05, 4.69) is 47.6 Å². The maximum atomic E-state index is 12.6. The molecule has 9 fully saturated rings. The lowest BCUT2D eigenvalue weighted by Crippen LogP contribution is -2.68. The lowest BCUT2D eigenvalue weighted by molar-refractivity contribution is -0.397. The molecule has 0 aromatic carbocycles. The van der Waals surface area contributed by atoms with Crippen LogP contribution < -0.4 is 0 Å². The van der Waals surface area contributed by atoms with Gasteiger partial charge in [0.25, 0.3) is 0 Å². The number of aliphatic hydroxyl groups excluding tert-OH is 16. The van der Waals surface area contributed by atoms with Crippen molar-refractivity contribution in [3.63, 3.8) is 0 Å². The van der Waals surface area contributed by atoms with Crippen LogP contribution in [0.2, 0.25) is 0 Å². The maximum absolute atomic E-state index is 12.6. The van der Waals surface area contributed by atoms with E-state index in [0.717, 1.165) is 25.7 Å². The normalized spacial score (nSPS) is 55.2. The lowest BCUT2D eigenvalue weighted by atomic mass is 9.33. The van der Waals surface area contributed by atoms with Crippen LogP contribution in [0.3, 0.4) is 0 Å². The number of allylic oxidation sites excluding steroid dienone is 2. The van der Waals surface area contributed by atoms with E-state index < -0.39 is 208 Å². The van der Waals surface area contributed by atoms with Crippen LogP contribution in [-0.2, 0) is 52.2 Å². The number of carboxylic acids is 1. The van der Waals surface area contributed by atoms with Gasteiger partial charge in [-0.15, -0.1) is 0 Å². The minimum atomic E-state index is -2.16. The molecule has 5 aliphatic heterocycles. The van der Waals surface area contributed by atoms with Crippen LogP contribution in [0, 0.1) is 50.2 Å². The third-order valence-electron chi connectivity index (χ3n) is 23.4. The van der Waals surface area contributed by atoms with Crippen molar-refractivity contribution in [1.29, 1.82) is 0 Å². The highest BCUT2D eigenvalue weighted by Crippen LogP contribution is 2.76. The highest BCUT2D eigenvalue weighted by Gasteiger charge is 2.70. The van der Waals surface area contributed by atoms with Crippen LogP contribution in [0.15, 0.2) is 11.6 Å². The van der Waals surface area contributed by atoms with Gasteiger partial charge >= 0.3 is 5.97 Å². The number of aliphatic hydroxyl groups is 16. The largest absolute Gasteiger partial charge is 0.479 e. The predicted octanol–water partition coefficient (Wildman–Crippen LogP) is -4.04. The maximum Gasteiger partial charge on any atom is 0.335 e. The first-order valence-corrected chi connectivity index (χ1v) is 30.8. The minimum Gasteiger partial charge on any atom is -0.479 e. The lowest BCUT2D eigenvalue weighted by Gasteiger charge is -2.72. The molecule has 28 heteroatoms. The van der Waals surface area contributed by atoms with E-state index in [1.165, 1.54) is 5.57 Å². The molecular weight excluding hydrogens is 1160 g/mol. The molecule has 500 valence electrons. The second-order valence-electron chi connectivity index (χ2n) is 28.8. The van der Waals surface area contributed by atoms with Gasteiger partial charge in [0.15, 0.2) is 37.6 Å². The van der Waals surface area contributed by atoms with E-state index in [1.54, 1.807) is 0 Å². The van der Waals surface area contributed by atoms with Crippen LogP contribution in [0.25, 0.3) is 0 Å². The Kier molecular flexibility index (Phi) is 19.7. The van der Waals surface area contributed by atoms with E-state index in [1.807, 2.05) is 6.92 Å². The zero-order chi connectivity index (χ0) is 63.6. The fraction of sp³-hybridized carbons (Fsp3) is 0.949. The third-order valence-corrected chi connectivity index (χ3v) is 23.4. The van der Waals surface area contributed by atoms with Gasteiger partial charge in [-0.25, -0.2) is 4.79 Å². The molecule has 0 aromatic heterocycles. The monoisotopic (exact) mass is 1250 g/mol. The number of rotatable bonds is 15. The molecule has 87 heavy (non-hydrogen) atoms. The molecule has 28 nitrogen and oxygen atoms in total. The first-order valence-electron chi connectivity index (χ1n) is 30.8. The van der Waals surface area contributed by atoms with Gasteiger partial charge in [0.2, 0.25) is 0 Å². The third kappa shape index (κ3) is 11.4. The van der Waals surface area contributed by atoms with Crippen LogP contribution in [0.5, 0.6) is 0 Å². The molecule has 5 heterocycles. The molecule has 0 radical (unpaired) electrons. The summed E-state index contributed by atoms with van der Waals surface area (Å²) in [7, 11) is 0. The molecule has 5 saturated heterocycles. The van der Waals surface area contributed by atoms with Gasteiger partial charge in [0.05, 0.1) is 45.2 Å². The molecule has 17 N–H and O–H groups in total. The second kappa shape index (κ2) is 25.1. The van der Waals surface area contributed by atoms with Crippen LogP contribution in [-0.4, -0.2) is 285 Å². The van der Waals surface area contributed by atoms with Crippen LogP contribution >= 0.6 is 0 Å². The first-order chi connectivity index (χ1) is 40.8. The smallest absolute Gasteiger partial charge is 0.335 e. The van der Waals surface area contributed by atoms with Crippen molar-refractivity contribution in [3.05, 3.63) is 11.6 Å². The second-order valence-corrected chi connectivity index (χ2v) is 28.8. The van der Waals surface area contributed by atoms with E-state index in [0.29, 0.717) is 25.7 Å². The van der Waals surface area contributed by atoms with E-state index in [9.17, 15) is 91.6 Å². The summed E-state index contributed by atoms with van der Waals surface area (Å²) in [5.41, 5.74) is -1.55. The summed E-state index contributed by atoms with van der Waals surface area (Å²) in [6.07, 6.45) is -35.5. The molecule has 0 amide bonds. The fourth-order valence-corrected chi connectivity index (χ4v) is 17.9. The number of fused-ring (bicyclic) bond motifs is 7. The molecular formula is C59H96O28. The number of carbonyl (C=O) groups is 1. The van der Waals surface area contributed by atoms with Gasteiger partial charge in [-0.3, -0.25) is 0 Å². The van der Waals surface area contributed by atoms with Gasteiger partial charge < -0.3 is 134 Å². The summed E-state index contributed by atoms with van der Waals surface area (Å²) in [6, 6.07) is 0. The summed E-state index contributed by atoms with van der Waals surface area (Å²) in [4.78, 5) is 12.6. The van der Waals surface area contributed by atoms with Crippen molar-refractivity contribution < 1.29 is 139 Å². The average molecular weight is 1250 g/mol. The average Bonchev–Trinajstić information content (AvgIpc) is 0.696. The van der Waals surface area contributed by atoms with Gasteiger partial charge in [-0.1, -0.05) is 60.1 Å². The Morgan fingerprint density at radius 2 is 1.01 bits per heavy atom. The number of hydrogen-bond donors (Lipinski definition) is 17. The summed E-state index contributed by atoms with van der Waals surface area (Å²) in [5, 5.41) is 183. The minimum absolute atomic E-state index is 0.00894. The van der Waals surface area contributed by atoms with Crippen molar-refractivity contribution >= 4 is 5.97 Å². The highest BCUT2D eigenvalue weighted by molar-refractivity contribution is 5.73. The zero-order valence-corrected chi connectivity index (χ0v) is 50.3. The van der Waals surface area contributed by atoms with Crippen molar-refractivity contribution in [2.24, 2.45) is 50.2 Å². The Balaban J connectivity index is 0.898. The molecule has 5 aliphatic carbocycles. The van der Waals surface area contributed by atoms with Crippen molar-refractivity contribution in [3.8, 4) is 0 Å². The number of carboxylic acid groups (broad SMARTS) is 1. The highest BCUT2D eigenvalue weighted by atomic mass is 16.8. The van der Waals surface area contributed by atoms with Crippen molar-refractivity contribution in [2.45, 2.75) is 266 Å². The van der Waals surface area contributed by atoms with Crippen LogP contribution in [0.4, 0.5) is 0 Å². The van der Waals surface area contributed by atoms with Gasteiger partial charge in [0.1, 0.15) is 110 Å². The standard InChI is InChI=1S/C59H96O28/c1-54(2)16-24-23-8-9-30-56(4)12-11-31(82-53-47(41(73)40(72)44(84-53)48(76)77)87-52-46(39(71)36(68)28(20-62)81-52)86-50-43(75)38(70)35(67)27(19-61)80-50)57(5,22-63)29(56)10-13-59(30,7)58(23,6)15-14-55(24,3)32(17-54)83-51-45(33(65)25(64)21-78-51)85-49-42(74)37(69)34(66)26(18-60)79-49/h8,24-47,49-53,60-75H,9-22H2,1-7H3,(H,76,77)/t24-,25-,26+,27+,28+,29+,30+,31-,32+,33-,34+,35+,36-,37-,38-,39-,40-,41-,42+,43+,44-,45+,46+,47+,49-,50-,51-,52-,53+,55+,56-,57+,58+,59+/m0/s1. The van der Waals surface area contributed by atoms with E-state index >= 15 is 0 Å². The SMILES string of the molecule is CC1(C)C[C@@H](O[C@@H]2OC[C@H](O)[C@H](O)[C@H]2O[C@@H]2O[C@H](CO)[C@@H](O)[C@H](O)[C@H]2O)[C@]2(C)CC[C@]3(C)C(=CC[C@@H]4[C@@]5(C)CC[C@H](O[C@@H]6O[C@H](C(=O)O)[C@@H](O)[C@H](O)[C@H]6O[C@@H]6O[C@H](CO)[C@H](O)[C@H](O)[C@H]6O[C@@H]6O[C@H](CO)[C@@H](O)[C@H](O)[C@H]6O)[C@](C)(CO)[C@@H]5CC[C@]43C)[C@@H]2C1. The summed E-state index contributed by atoms with van der Waals surface area (Å²) in [5.74, 6) is -1.80. The topological polar surface area (TPSA) is 453 Å². The number of hydrogen-bond acceptors (Lipinski definition) is 27. The Morgan fingerprint density at radius 1 is 0.506 bits per heavy atom. The Hall–Kier alpha value is -1.83. The zero-order valence-electron chi connectivity index (χ0n) is 50.3. The summed E-state index contributed by atoms with van der Waals surface area (Å²) >= 11 is 0. The first kappa shape index (κ1) is 68.0. The molecule has 0 bridgehead atoms. The van der Waals surface area contributed by atoms with Gasteiger partial charge in [-0.05, 0) is 97.2 Å².